The number of benzene rings is 2. The molecule has 37 heavy (non-hydrogen) atoms. The second kappa shape index (κ2) is 10.5. The van der Waals surface area contributed by atoms with Gasteiger partial charge in [0.05, 0.1) is 16.9 Å². The molecular formula is C23H22ClF2N5O5S. The average molecular weight is 554 g/mol. The quantitative estimate of drug-likeness (QED) is 0.217. The second-order valence-corrected chi connectivity index (χ2v) is 10.4. The molecule has 1 saturated carbocycles. The van der Waals surface area contributed by atoms with Gasteiger partial charge in [-0.25, -0.2) is 18.7 Å². The van der Waals surface area contributed by atoms with Crippen LogP contribution in [-0.4, -0.2) is 41.4 Å². The van der Waals surface area contributed by atoms with Crippen LogP contribution in [-0.2, 0) is 16.7 Å². The normalized spacial score (nSPS) is 14.4. The zero-order valence-corrected chi connectivity index (χ0v) is 20.7. The molecule has 1 aromatic heterocycles. The van der Waals surface area contributed by atoms with Crippen LogP contribution in [0.25, 0.3) is 11.3 Å². The standard InChI is InChI=1S/C23H22ClF2N5O5S/c24-20-15(16(25)5-6-17(20)26)10-36-23-21(27)30-8-18(31-23)14-7-11(22(28)32)1-4-13(14)19(37(33,34)35)9-29-12-2-3-12/h1,4-8,12,19,29H,2-3,9-10H2,(H2,27,30)(H2,28,32)(H,33,34,35). The minimum atomic E-state index is -4.60. The summed E-state index contributed by atoms with van der Waals surface area (Å²) >= 11 is 5.84. The maximum absolute atomic E-state index is 14.2. The summed E-state index contributed by atoms with van der Waals surface area (Å²) in [6.07, 6.45) is 2.97. The molecule has 1 amide bonds. The van der Waals surface area contributed by atoms with Crippen LogP contribution in [0.5, 0.6) is 5.88 Å². The molecule has 1 aliphatic rings. The van der Waals surface area contributed by atoms with Gasteiger partial charge in [0, 0.05) is 29.3 Å². The maximum atomic E-state index is 14.2. The zero-order valence-electron chi connectivity index (χ0n) is 19.1. The fraction of sp³-hybridized carbons (Fsp3) is 0.261. The lowest BCUT2D eigenvalue weighted by molar-refractivity contribution is 0.100. The SMILES string of the molecule is NC(=O)c1ccc(C(CNC2CC2)S(=O)(=O)O)c(-c2cnc(N)c(OCc3c(F)ccc(F)c3Cl)n2)c1. The molecular weight excluding hydrogens is 532 g/mol. The third kappa shape index (κ3) is 6.13. The average Bonchev–Trinajstić information content (AvgIpc) is 3.66. The lowest BCUT2D eigenvalue weighted by Crippen LogP contribution is -2.29. The number of nitrogens with zero attached hydrogens (tertiary/aromatic N) is 2. The van der Waals surface area contributed by atoms with Crippen molar-refractivity contribution >= 4 is 33.4 Å². The van der Waals surface area contributed by atoms with Crippen LogP contribution in [0, 0.1) is 11.6 Å². The number of anilines is 1. The summed E-state index contributed by atoms with van der Waals surface area (Å²) in [6.45, 7) is -0.645. The van der Waals surface area contributed by atoms with Gasteiger partial charge in [0.1, 0.15) is 23.5 Å². The van der Waals surface area contributed by atoms with E-state index in [9.17, 15) is 26.5 Å². The van der Waals surface area contributed by atoms with E-state index in [1.807, 2.05) is 0 Å². The van der Waals surface area contributed by atoms with Crippen molar-refractivity contribution in [1.82, 2.24) is 15.3 Å². The van der Waals surface area contributed by atoms with Crippen molar-refractivity contribution in [3.63, 3.8) is 0 Å². The summed E-state index contributed by atoms with van der Waals surface area (Å²) < 4.78 is 68.0. The molecule has 196 valence electrons. The molecule has 6 N–H and O–H groups in total. The highest BCUT2D eigenvalue weighted by molar-refractivity contribution is 7.86. The molecule has 4 rings (SSSR count). The number of nitrogens with one attached hydrogen (secondary N) is 1. The summed E-state index contributed by atoms with van der Waals surface area (Å²) in [5, 5.41) is 1.18. The fourth-order valence-corrected chi connectivity index (χ4v) is 4.65. The maximum Gasteiger partial charge on any atom is 0.273 e. The fourth-order valence-electron chi connectivity index (χ4n) is 3.61. The number of carbonyl (C=O) groups is 1. The molecule has 3 aromatic rings. The predicted molar refractivity (Wildman–Crippen MR) is 131 cm³/mol. The number of carbonyl (C=O) groups excluding carboxylic acids is 1. The van der Waals surface area contributed by atoms with E-state index in [0.717, 1.165) is 25.0 Å². The van der Waals surface area contributed by atoms with Crippen molar-refractivity contribution in [2.75, 3.05) is 12.3 Å². The van der Waals surface area contributed by atoms with Gasteiger partial charge in [-0.15, -0.1) is 0 Å². The lowest BCUT2D eigenvalue weighted by atomic mass is 9.98. The molecule has 0 spiro atoms. The van der Waals surface area contributed by atoms with Crippen molar-refractivity contribution in [2.24, 2.45) is 5.73 Å². The van der Waals surface area contributed by atoms with Crippen LogP contribution in [0.15, 0.2) is 36.5 Å². The van der Waals surface area contributed by atoms with E-state index in [0.29, 0.717) is 0 Å². The molecule has 1 fully saturated rings. The van der Waals surface area contributed by atoms with Gasteiger partial charge < -0.3 is 21.5 Å². The predicted octanol–water partition coefficient (Wildman–Crippen LogP) is 3.02. The molecule has 1 aliphatic carbocycles. The summed E-state index contributed by atoms with van der Waals surface area (Å²) in [6, 6.07) is 5.88. The minimum absolute atomic E-state index is 0.0215. The molecule has 0 aliphatic heterocycles. The first kappa shape index (κ1) is 26.7. The smallest absolute Gasteiger partial charge is 0.273 e. The lowest BCUT2D eigenvalue weighted by Gasteiger charge is -2.19. The number of rotatable bonds is 10. The molecule has 2 aromatic carbocycles. The van der Waals surface area contributed by atoms with Gasteiger partial charge in [-0.05, 0) is 42.7 Å². The number of hydrogen-bond donors (Lipinski definition) is 4. The van der Waals surface area contributed by atoms with Crippen LogP contribution >= 0.6 is 11.6 Å². The van der Waals surface area contributed by atoms with E-state index in [2.05, 4.69) is 15.3 Å². The van der Waals surface area contributed by atoms with Crippen LogP contribution in [0.2, 0.25) is 5.02 Å². The summed E-state index contributed by atoms with van der Waals surface area (Å²) in [4.78, 5) is 20.1. The molecule has 0 saturated heterocycles. The molecule has 0 radical (unpaired) electrons. The molecule has 1 unspecified atom stereocenters. The Balaban J connectivity index is 1.75. The Hall–Kier alpha value is -3.39. The number of hydrogen-bond acceptors (Lipinski definition) is 8. The number of amides is 1. The number of halogens is 3. The van der Waals surface area contributed by atoms with Crippen LogP contribution in [0.3, 0.4) is 0 Å². The zero-order chi connectivity index (χ0) is 26.9. The van der Waals surface area contributed by atoms with Crippen molar-refractivity contribution in [1.29, 1.82) is 0 Å². The van der Waals surface area contributed by atoms with Crippen LogP contribution < -0.4 is 21.5 Å². The number of primary amides is 1. The van der Waals surface area contributed by atoms with E-state index in [4.69, 9.17) is 27.8 Å². The van der Waals surface area contributed by atoms with Gasteiger partial charge in [-0.1, -0.05) is 17.7 Å². The van der Waals surface area contributed by atoms with E-state index < -0.39 is 44.5 Å². The van der Waals surface area contributed by atoms with Gasteiger partial charge >= 0.3 is 0 Å². The minimum Gasteiger partial charge on any atom is -0.470 e. The molecule has 1 heterocycles. The first-order valence-electron chi connectivity index (χ1n) is 11.0. The van der Waals surface area contributed by atoms with Crippen molar-refractivity contribution in [3.8, 4) is 17.1 Å². The van der Waals surface area contributed by atoms with Gasteiger partial charge in [0.25, 0.3) is 16.0 Å². The number of aromatic nitrogens is 2. The monoisotopic (exact) mass is 553 g/mol. The Morgan fingerprint density at radius 3 is 2.59 bits per heavy atom. The number of ether oxygens (including phenoxy) is 1. The van der Waals surface area contributed by atoms with E-state index in [1.165, 1.54) is 24.4 Å². The van der Waals surface area contributed by atoms with E-state index in [-0.39, 0.29) is 52.2 Å². The highest BCUT2D eigenvalue weighted by atomic mass is 35.5. The van der Waals surface area contributed by atoms with Crippen molar-refractivity contribution in [2.45, 2.75) is 30.7 Å². The van der Waals surface area contributed by atoms with Gasteiger partial charge in [0.15, 0.2) is 5.82 Å². The largest absolute Gasteiger partial charge is 0.470 e. The summed E-state index contributed by atoms with van der Waals surface area (Å²) in [5.41, 5.74) is 11.3. The first-order chi connectivity index (χ1) is 17.5. The Morgan fingerprint density at radius 1 is 1.24 bits per heavy atom. The van der Waals surface area contributed by atoms with Gasteiger partial charge in [-0.2, -0.15) is 8.42 Å². The summed E-state index contributed by atoms with van der Waals surface area (Å²) in [5.74, 6) is -2.94. The number of nitrogen functional groups attached to an aromatic ring is 1. The van der Waals surface area contributed by atoms with Gasteiger partial charge in [-0.3, -0.25) is 9.35 Å². The highest BCUT2D eigenvalue weighted by Crippen LogP contribution is 2.34. The van der Waals surface area contributed by atoms with Crippen LogP contribution in [0.4, 0.5) is 14.6 Å². The molecule has 0 bridgehead atoms. The molecule has 10 nitrogen and oxygen atoms in total. The first-order valence-corrected chi connectivity index (χ1v) is 12.8. The third-order valence-corrected chi connectivity index (χ3v) is 7.30. The van der Waals surface area contributed by atoms with Gasteiger partial charge in [0.2, 0.25) is 5.91 Å². The summed E-state index contributed by atoms with van der Waals surface area (Å²) in [7, 11) is -4.60. The van der Waals surface area contributed by atoms with E-state index >= 15 is 0 Å². The molecule has 1 atom stereocenters. The topological polar surface area (TPSA) is 171 Å². The Labute approximate surface area is 215 Å². The Morgan fingerprint density at radius 2 is 1.95 bits per heavy atom. The number of nitrogens with two attached hydrogens (primary N) is 2. The van der Waals surface area contributed by atoms with Crippen molar-refractivity contribution in [3.05, 3.63) is 69.9 Å². The molecule has 14 heteroatoms. The van der Waals surface area contributed by atoms with Crippen LogP contribution in [0.1, 0.15) is 39.6 Å². The van der Waals surface area contributed by atoms with Crippen molar-refractivity contribution < 1.29 is 31.3 Å². The second-order valence-electron chi connectivity index (χ2n) is 8.41. The third-order valence-electron chi connectivity index (χ3n) is 5.75. The van der Waals surface area contributed by atoms with E-state index in [1.54, 1.807) is 0 Å². The Kier molecular flexibility index (Phi) is 7.59. The Bertz CT molecular complexity index is 1470. The highest BCUT2D eigenvalue weighted by Gasteiger charge is 2.31.